The first-order chi connectivity index (χ1) is 41.9. The number of anilines is 2. The van der Waals surface area contributed by atoms with Crippen LogP contribution in [0.5, 0.6) is 0 Å². The maximum absolute atomic E-state index is 12.3. The van der Waals surface area contributed by atoms with Gasteiger partial charge in [-0.05, 0) is 62.6 Å². The molecule has 0 saturated heterocycles. The summed E-state index contributed by atoms with van der Waals surface area (Å²) in [4.78, 5) is 20.8. The van der Waals surface area contributed by atoms with Crippen molar-refractivity contribution in [2.24, 2.45) is 0 Å². The fraction of sp³-hybridized carbons (Fsp3) is 0.0600. The minimum Gasteiger partial charge on any atom is -0.386 e. The summed E-state index contributed by atoms with van der Waals surface area (Å²) < 4.78 is 322. The molecule has 0 fully saturated rings. The normalized spacial score (nSPS) is 22.1. The van der Waals surface area contributed by atoms with Crippen molar-refractivity contribution in [3.63, 3.8) is 0 Å². The number of nitrogens with one attached hydrogen (secondary N) is 1. The largest absolute Gasteiger partial charge is 0.386 e. The average molecular weight is 747 g/mol. The topological polar surface area (TPSA) is 58.1 Å². The summed E-state index contributed by atoms with van der Waals surface area (Å²) in [5.74, 6) is -1.13. The molecule has 5 nitrogen and oxygen atoms in total. The molecule has 9 rings (SSSR count). The zero-order valence-corrected chi connectivity index (χ0v) is 27.3. The Kier molecular flexibility index (Phi) is 3.18. The fourth-order valence-corrected chi connectivity index (χ4v) is 6.04. The Balaban J connectivity index is 1.56. The van der Waals surface area contributed by atoms with E-state index in [-0.39, 0.29) is 11.3 Å². The van der Waals surface area contributed by atoms with Gasteiger partial charge in [0.1, 0.15) is 0 Å². The predicted octanol–water partition coefficient (Wildman–Crippen LogP) is 11.1. The van der Waals surface area contributed by atoms with Crippen LogP contribution in [0.4, 0.5) is 11.4 Å². The Morgan fingerprint density at radius 1 is 0.582 bits per heavy atom. The molecule has 8 aromatic rings. The van der Waals surface area contributed by atoms with Crippen molar-refractivity contribution >= 4 is 17.8 Å². The zero-order chi connectivity index (χ0) is 68.5. The summed E-state index contributed by atoms with van der Waals surface area (Å²) in [5.41, 5.74) is -19.9. The summed E-state index contributed by atoms with van der Waals surface area (Å²) in [6.45, 7) is -6.89. The molecule has 0 saturated carbocycles. The number of hydrogen-bond acceptors (Lipinski definition) is 4. The van der Waals surface area contributed by atoms with Gasteiger partial charge in [0.25, 0.3) is 0 Å². The van der Waals surface area contributed by atoms with E-state index in [2.05, 4.69) is 9.97 Å². The Morgan fingerprint density at radius 3 is 1.87 bits per heavy atom. The summed E-state index contributed by atoms with van der Waals surface area (Å²) in [6, 6.07) is -36.7. The predicted molar refractivity (Wildman–Crippen MR) is 225 cm³/mol. The molecule has 5 heteroatoms. The molecule has 0 bridgehead atoms. The van der Waals surface area contributed by atoms with Crippen LogP contribution >= 0.6 is 0 Å². The van der Waals surface area contributed by atoms with Gasteiger partial charge in [0, 0.05) is 38.9 Å². The maximum atomic E-state index is 12.3. The number of carbonyl (C=O) groups is 1. The summed E-state index contributed by atoms with van der Waals surface area (Å²) in [6.07, 6.45) is -0.361. The van der Waals surface area contributed by atoms with Crippen LogP contribution in [0.2, 0.25) is 0 Å². The monoisotopic (exact) mass is 747 g/mol. The molecule has 1 aliphatic carbocycles. The van der Waals surface area contributed by atoms with E-state index < -0.39 is 290 Å². The van der Waals surface area contributed by atoms with E-state index in [0.29, 0.717) is 0 Å². The van der Waals surface area contributed by atoms with Gasteiger partial charge in [-0.2, -0.15) is 0 Å². The molecule has 0 radical (unpaired) electrons. The van der Waals surface area contributed by atoms with Crippen molar-refractivity contribution in [3.8, 4) is 56.2 Å². The lowest BCUT2D eigenvalue weighted by molar-refractivity contribution is -0.107. The highest BCUT2D eigenvalue weighted by atomic mass is 16.1. The second-order valence-electron chi connectivity index (χ2n) is 11.2. The number of carbonyl (C=O) groups excluding carboxylic acids is 1. The van der Waals surface area contributed by atoms with E-state index in [4.69, 9.17) is 30.2 Å². The molecule has 55 heavy (non-hydrogen) atoms. The van der Waals surface area contributed by atoms with Crippen LogP contribution in [-0.4, -0.2) is 30.3 Å². The summed E-state index contributed by atoms with van der Waals surface area (Å²) in [5, 5.41) is 1.82. The Hall–Kier alpha value is -7.11. The second-order valence-corrected chi connectivity index (χ2v) is 11.2. The molecular weight excluding hydrogens is 673 g/mol. The maximum Gasteiger partial charge on any atom is 0.213 e. The van der Waals surface area contributed by atoms with Crippen LogP contribution in [0, 0.1) is 0 Å². The van der Waals surface area contributed by atoms with Crippen LogP contribution in [0.3, 0.4) is 0 Å². The summed E-state index contributed by atoms with van der Waals surface area (Å²) >= 11 is 0. The highest BCUT2D eigenvalue weighted by molar-refractivity contribution is 5.95. The molecule has 1 amide bonds. The molecule has 1 aliphatic rings. The van der Waals surface area contributed by atoms with Crippen LogP contribution in [0.15, 0.2) is 181 Å². The van der Waals surface area contributed by atoms with E-state index in [1.807, 2.05) is 5.32 Å². The van der Waals surface area contributed by atoms with Crippen molar-refractivity contribution < 1.29 is 54.1 Å². The molecule has 0 atom stereocenters. The summed E-state index contributed by atoms with van der Waals surface area (Å²) in [7, 11) is 0. The number of hydrogen-bond donors (Lipinski definition) is 1. The number of fused-ring (bicyclic) bond motifs is 3. The molecule has 0 aliphatic heterocycles. The van der Waals surface area contributed by atoms with Gasteiger partial charge in [-0.15, -0.1) is 0 Å². The molecular formula is C50H38N4O. The molecule has 264 valence electrons. The van der Waals surface area contributed by atoms with E-state index in [1.54, 1.807) is 0 Å². The first kappa shape index (κ1) is 12.5. The second kappa shape index (κ2) is 14.0. The van der Waals surface area contributed by atoms with Crippen molar-refractivity contribution in [1.29, 1.82) is 0 Å². The van der Waals surface area contributed by atoms with Gasteiger partial charge in [0.15, 0.2) is 5.82 Å². The SMILES string of the molecule is [2H]c1c(-c2c([2H])c([2H])c(-c3c([2H])c([2H])c(N(C=O)C([2H])([2H])[2H])c(NC([2H])([2H])[2H])c3[2H])c([2H])c2[2H])nc(-c2c([2H])c([2H])c([2H])c([2H])c2[2H])nc1-c1c([2H])c([2H])c([2H])c2c1-c1c([2H])c([2H])c([2H])c([2H])c1C2(c1c([2H])c([2H])c([2H])c([2H])c1[2H])c1c([2H])c([2H])c([2H])c([2H])c1[2H]. The third kappa shape index (κ3) is 5.69. The lowest BCUT2D eigenvalue weighted by Gasteiger charge is -2.33. The van der Waals surface area contributed by atoms with Crippen LogP contribution in [0.25, 0.3) is 56.2 Å². The standard InChI is InChI=1S/C50H38N4O/c1-51-46-31-37(29-30-47(46)54(2)33-55)34-25-27-35(28-26-34)44-32-45(53-49(52-44)36-15-6-3-7-16-36)41-22-14-24-43-48(41)40-21-12-13-23-42(40)50(43,38-17-8-4-9-18-38)39-19-10-5-11-20-39/h3-33,51H,1-2H3/i1D3,2D3,3D,4D,5D,6D,7D,8D,9D,10D,11D,12D,13D,14D,15D,16D,17D,18D,19D,20D,21D,22D,23D,24D,25D,26D,27D,28D,29D,30D,31D,32D. The van der Waals surface area contributed by atoms with Crippen LogP contribution in [0.1, 0.15) is 71.6 Å². The van der Waals surface area contributed by atoms with E-state index >= 15 is 0 Å². The van der Waals surface area contributed by atoms with Crippen molar-refractivity contribution in [1.82, 2.24) is 9.97 Å². The lowest BCUT2D eigenvalue weighted by atomic mass is 9.67. The minimum atomic E-state index is -3.51. The Labute approximate surface area is 372 Å². The van der Waals surface area contributed by atoms with Gasteiger partial charge in [0.2, 0.25) is 6.41 Å². The third-order valence-corrected chi connectivity index (χ3v) is 8.32. The number of rotatable bonds is 9. The molecule has 0 spiro atoms. The first-order valence-electron chi connectivity index (χ1n) is 33.6. The van der Waals surface area contributed by atoms with E-state index in [9.17, 15) is 24.0 Å². The molecule has 1 heterocycles. The fourth-order valence-electron chi connectivity index (χ4n) is 6.04. The smallest absolute Gasteiger partial charge is 0.213 e. The van der Waals surface area contributed by atoms with Crippen molar-refractivity contribution in [2.75, 3.05) is 24.2 Å². The van der Waals surface area contributed by atoms with Gasteiger partial charge in [-0.3, -0.25) is 4.79 Å². The number of nitrogens with zero attached hydrogens (tertiary/aromatic N) is 3. The molecule has 0 unspecified atom stereocenters. The van der Waals surface area contributed by atoms with Gasteiger partial charge in [0.05, 0.1) is 69.3 Å². The van der Waals surface area contributed by atoms with E-state index in [1.165, 1.54) is 0 Å². The Morgan fingerprint density at radius 2 is 1.18 bits per heavy atom. The van der Waals surface area contributed by atoms with Crippen LogP contribution < -0.4 is 10.2 Å². The number of amides is 1. The lowest BCUT2D eigenvalue weighted by Crippen LogP contribution is -2.28. The molecule has 1 N–H and O–H groups in total. The minimum absolute atomic E-state index is 0.158. The Bertz CT molecular complexity index is 4450. The molecule has 7 aromatic carbocycles. The molecule has 1 aromatic heterocycles. The van der Waals surface area contributed by atoms with Gasteiger partial charge in [-0.25, -0.2) is 9.97 Å². The van der Waals surface area contributed by atoms with Gasteiger partial charge in [-0.1, -0.05) is 163 Å². The third-order valence-electron chi connectivity index (χ3n) is 8.32. The van der Waals surface area contributed by atoms with Gasteiger partial charge < -0.3 is 10.2 Å². The average Bonchev–Trinajstić information content (AvgIpc) is 1.52. The van der Waals surface area contributed by atoms with E-state index in [0.717, 1.165) is 0 Å². The van der Waals surface area contributed by atoms with Crippen molar-refractivity contribution in [3.05, 3.63) is 204 Å². The van der Waals surface area contributed by atoms with Crippen molar-refractivity contribution in [2.45, 2.75) is 5.41 Å². The highest BCUT2D eigenvalue weighted by Gasteiger charge is 2.46. The zero-order valence-electron chi connectivity index (χ0n) is 63.3. The highest BCUT2D eigenvalue weighted by Crippen LogP contribution is 2.58. The van der Waals surface area contributed by atoms with Gasteiger partial charge >= 0.3 is 0 Å². The number of aromatic nitrogens is 2. The van der Waals surface area contributed by atoms with Crippen LogP contribution in [-0.2, 0) is 10.2 Å². The number of benzene rings is 7. The first-order valence-corrected chi connectivity index (χ1v) is 15.6. The quantitative estimate of drug-likeness (QED) is 0.149.